The fourth-order valence-electron chi connectivity index (χ4n) is 1.30. The van der Waals surface area contributed by atoms with E-state index < -0.39 is 0 Å². The molecule has 90 valence electrons. The second-order valence-corrected chi connectivity index (χ2v) is 3.98. The molecule has 0 radical (unpaired) electrons. The van der Waals surface area contributed by atoms with Gasteiger partial charge < -0.3 is 15.8 Å². The molecule has 0 saturated carbocycles. The third kappa shape index (κ3) is 8.39. The summed E-state index contributed by atoms with van der Waals surface area (Å²) in [6.07, 6.45) is 3.35. The molecular formula is C11H24N2O2. The van der Waals surface area contributed by atoms with Crippen LogP contribution < -0.4 is 11.1 Å². The van der Waals surface area contributed by atoms with Gasteiger partial charge in [-0.2, -0.15) is 0 Å². The molecule has 0 aromatic rings. The zero-order valence-corrected chi connectivity index (χ0v) is 10.1. The molecule has 0 aromatic carbocycles. The molecule has 2 atom stereocenters. The van der Waals surface area contributed by atoms with Crippen molar-refractivity contribution in [2.45, 2.75) is 51.7 Å². The highest BCUT2D eigenvalue weighted by Gasteiger charge is 2.08. The quantitative estimate of drug-likeness (QED) is 0.637. The van der Waals surface area contributed by atoms with Crippen LogP contribution in [0.5, 0.6) is 0 Å². The van der Waals surface area contributed by atoms with Gasteiger partial charge in [-0.25, -0.2) is 0 Å². The number of ether oxygens (including phenoxy) is 1. The van der Waals surface area contributed by atoms with Crippen molar-refractivity contribution in [3.05, 3.63) is 0 Å². The molecule has 0 spiro atoms. The largest absolute Gasteiger partial charge is 0.382 e. The van der Waals surface area contributed by atoms with Gasteiger partial charge in [0.25, 0.3) is 0 Å². The van der Waals surface area contributed by atoms with Gasteiger partial charge in [0.15, 0.2) is 0 Å². The zero-order chi connectivity index (χ0) is 11.7. The smallest absolute Gasteiger partial charge is 0.220 e. The Hall–Kier alpha value is -0.610. The van der Waals surface area contributed by atoms with Crippen LogP contribution in [0.3, 0.4) is 0 Å². The minimum Gasteiger partial charge on any atom is -0.382 e. The van der Waals surface area contributed by atoms with Gasteiger partial charge in [-0.15, -0.1) is 0 Å². The highest BCUT2D eigenvalue weighted by molar-refractivity contribution is 5.76. The lowest BCUT2D eigenvalue weighted by atomic mass is 10.1. The maximum absolute atomic E-state index is 11.4. The van der Waals surface area contributed by atoms with Crippen molar-refractivity contribution < 1.29 is 9.53 Å². The number of hydrogen-bond acceptors (Lipinski definition) is 3. The molecule has 0 fully saturated rings. The van der Waals surface area contributed by atoms with Crippen molar-refractivity contribution in [3.63, 3.8) is 0 Å². The summed E-state index contributed by atoms with van der Waals surface area (Å²) in [6.45, 7) is 4.65. The SMILES string of the molecule is COC(C)CCC(=O)NC(C)CCCN. The molecule has 0 aliphatic carbocycles. The number of nitrogens with two attached hydrogens (primary N) is 1. The molecular weight excluding hydrogens is 192 g/mol. The van der Waals surface area contributed by atoms with Crippen molar-refractivity contribution >= 4 is 5.91 Å². The first-order valence-corrected chi connectivity index (χ1v) is 5.62. The molecule has 0 aliphatic rings. The molecule has 4 nitrogen and oxygen atoms in total. The van der Waals surface area contributed by atoms with Crippen LogP contribution >= 0.6 is 0 Å². The predicted octanol–water partition coefficient (Wildman–Crippen LogP) is 1.05. The van der Waals surface area contributed by atoms with E-state index in [1.165, 1.54) is 0 Å². The van der Waals surface area contributed by atoms with Crippen LogP contribution in [0.4, 0.5) is 0 Å². The fraction of sp³-hybridized carbons (Fsp3) is 0.909. The number of amides is 1. The topological polar surface area (TPSA) is 64.3 Å². The van der Waals surface area contributed by atoms with E-state index in [4.69, 9.17) is 10.5 Å². The summed E-state index contributed by atoms with van der Waals surface area (Å²) < 4.78 is 5.07. The molecule has 0 aliphatic heterocycles. The highest BCUT2D eigenvalue weighted by Crippen LogP contribution is 2.01. The summed E-state index contributed by atoms with van der Waals surface area (Å²) in [5.74, 6) is 0.100. The Morgan fingerprint density at radius 3 is 2.60 bits per heavy atom. The minimum atomic E-state index is 0.100. The van der Waals surface area contributed by atoms with E-state index in [-0.39, 0.29) is 18.1 Å². The second kappa shape index (κ2) is 8.68. The van der Waals surface area contributed by atoms with Crippen LogP contribution in [0.15, 0.2) is 0 Å². The van der Waals surface area contributed by atoms with E-state index in [1.807, 2.05) is 13.8 Å². The molecule has 1 amide bonds. The van der Waals surface area contributed by atoms with Crippen LogP contribution in [-0.2, 0) is 9.53 Å². The lowest BCUT2D eigenvalue weighted by molar-refractivity contribution is -0.122. The van der Waals surface area contributed by atoms with Crippen molar-refractivity contribution in [1.29, 1.82) is 0 Å². The maximum atomic E-state index is 11.4. The Morgan fingerprint density at radius 1 is 1.40 bits per heavy atom. The molecule has 0 aromatic heterocycles. The van der Waals surface area contributed by atoms with Crippen LogP contribution in [0.25, 0.3) is 0 Å². The van der Waals surface area contributed by atoms with Crippen LogP contribution in [0, 0.1) is 0 Å². The van der Waals surface area contributed by atoms with E-state index in [1.54, 1.807) is 7.11 Å². The average Bonchev–Trinajstić information content (AvgIpc) is 2.22. The van der Waals surface area contributed by atoms with Crippen molar-refractivity contribution in [2.24, 2.45) is 5.73 Å². The minimum absolute atomic E-state index is 0.100. The van der Waals surface area contributed by atoms with Gasteiger partial charge in [-0.05, 0) is 39.7 Å². The van der Waals surface area contributed by atoms with Gasteiger partial charge in [0.05, 0.1) is 6.10 Å². The third-order valence-electron chi connectivity index (χ3n) is 2.43. The van der Waals surface area contributed by atoms with Gasteiger partial charge in [0.1, 0.15) is 0 Å². The van der Waals surface area contributed by atoms with Crippen LogP contribution in [0.1, 0.15) is 39.5 Å². The Morgan fingerprint density at radius 2 is 2.07 bits per heavy atom. The average molecular weight is 216 g/mol. The number of rotatable bonds is 8. The number of nitrogens with one attached hydrogen (secondary N) is 1. The van der Waals surface area contributed by atoms with Crippen molar-refractivity contribution in [2.75, 3.05) is 13.7 Å². The summed E-state index contributed by atoms with van der Waals surface area (Å²) in [5.41, 5.74) is 5.39. The summed E-state index contributed by atoms with van der Waals surface area (Å²) in [4.78, 5) is 11.4. The summed E-state index contributed by atoms with van der Waals surface area (Å²) >= 11 is 0. The predicted molar refractivity (Wildman–Crippen MR) is 61.6 cm³/mol. The van der Waals surface area contributed by atoms with Gasteiger partial charge in [0.2, 0.25) is 5.91 Å². The second-order valence-electron chi connectivity index (χ2n) is 3.98. The first kappa shape index (κ1) is 14.4. The lowest BCUT2D eigenvalue weighted by Crippen LogP contribution is -2.33. The molecule has 0 rings (SSSR count). The monoisotopic (exact) mass is 216 g/mol. The van der Waals surface area contributed by atoms with E-state index in [2.05, 4.69) is 5.32 Å². The van der Waals surface area contributed by atoms with Gasteiger partial charge in [0, 0.05) is 19.6 Å². The molecule has 2 unspecified atom stereocenters. The molecule has 4 heteroatoms. The number of carbonyl (C=O) groups excluding carboxylic acids is 1. The highest BCUT2D eigenvalue weighted by atomic mass is 16.5. The van der Waals surface area contributed by atoms with Gasteiger partial charge in [-0.3, -0.25) is 4.79 Å². The van der Waals surface area contributed by atoms with E-state index >= 15 is 0 Å². The Balaban J connectivity index is 3.55. The first-order valence-electron chi connectivity index (χ1n) is 5.62. The van der Waals surface area contributed by atoms with Crippen LogP contribution in [-0.4, -0.2) is 31.7 Å². The maximum Gasteiger partial charge on any atom is 0.220 e. The number of carbonyl (C=O) groups is 1. The standard InChI is InChI=1S/C11H24N2O2/c1-9(5-4-8-12)13-11(14)7-6-10(2)15-3/h9-10H,4-8,12H2,1-3H3,(H,13,14). The Bertz CT molecular complexity index is 174. The molecule has 0 saturated heterocycles. The van der Waals surface area contributed by atoms with Crippen molar-refractivity contribution in [3.8, 4) is 0 Å². The van der Waals surface area contributed by atoms with E-state index in [0.717, 1.165) is 19.3 Å². The third-order valence-corrected chi connectivity index (χ3v) is 2.43. The lowest BCUT2D eigenvalue weighted by Gasteiger charge is -2.14. The number of methoxy groups -OCH3 is 1. The Kier molecular flexibility index (Phi) is 8.33. The zero-order valence-electron chi connectivity index (χ0n) is 10.1. The van der Waals surface area contributed by atoms with E-state index in [9.17, 15) is 4.79 Å². The molecule has 15 heavy (non-hydrogen) atoms. The number of hydrogen-bond donors (Lipinski definition) is 2. The summed E-state index contributed by atoms with van der Waals surface area (Å²) in [5, 5.41) is 2.94. The summed E-state index contributed by atoms with van der Waals surface area (Å²) in [6, 6.07) is 0.221. The fourth-order valence-corrected chi connectivity index (χ4v) is 1.30. The molecule has 3 N–H and O–H groups in total. The summed E-state index contributed by atoms with van der Waals surface area (Å²) in [7, 11) is 1.66. The first-order chi connectivity index (χ1) is 7.10. The molecule has 0 heterocycles. The van der Waals surface area contributed by atoms with Crippen LogP contribution in [0.2, 0.25) is 0 Å². The normalized spacial score (nSPS) is 14.7. The molecule has 0 bridgehead atoms. The van der Waals surface area contributed by atoms with Gasteiger partial charge >= 0.3 is 0 Å². The van der Waals surface area contributed by atoms with E-state index in [0.29, 0.717) is 13.0 Å². The Labute approximate surface area is 92.6 Å². The van der Waals surface area contributed by atoms with Gasteiger partial charge in [-0.1, -0.05) is 0 Å². The van der Waals surface area contributed by atoms with Crippen molar-refractivity contribution in [1.82, 2.24) is 5.32 Å².